The molecule has 0 unspecified atom stereocenters. The fourth-order valence-electron chi connectivity index (χ4n) is 6.11. The van der Waals surface area contributed by atoms with Crippen LogP contribution in [0.4, 0.5) is 17.1 Å². The Morgan fingerprint density at radius 2 is 1.07 bits per heavy atom. The second-order valence-electron chi connectivity index (χ2n) is 15.4. The lowest BCUT2D eigenvalue weighted by molar-refractivity contribution is 0.584. The summed E-state index contributed by atoms with van der Waals surface area (Å²) in [4.78, 5) is 7.09. The average molecular weight is 593 g/mol. The van der Waals surface area contributed by atoms with E-state index < -0.39 is 0 Å². The van der Waals surface area contributed by atoms with Gasteiger partial charge in [0.15, 0.2) is 0 Å². The zero-order chi connectivity index (χ0) is 32.1. The summed E-state index contributed by atoms with van der Waals surface area (Å²) in [5.74, 6) is 0.823. The third-order valence-corrected chi connectivity index (χ3v) is 8.90. The standard InChI is InChI=1S/C41H45BN2O/c1-39(2,3)28-17-21-31(22-18-28)44-36-23-19-29(40(4,5)6)26-33(36)42(34-27-30(41(7,8)9)20-24-37(34)44)45-38-16-11-10-14-32(38)35-15-12-13-25-43-35/h10-27H,1-9H3. The highest BCUT2D eigenvalue weighted by atomic mass is 16.4. The number of anilines is 3. The van der Waals surface area contributed by atoms with Crippen LogP contribution in [0.25, 0.3) is 11.3 Å². The Kier molecular flexibility index (Phi) is 7.68. The topological polar surface area (TPSA) is 25.4 Å². The molecule has 0 aliphatic carbocycles. The van der Waals surface area contributed by atoms with Crippen LogP contribution in [0.3, 0.4) is 0 Å². The first kappa shape index (κ1) is 30.7. The van der Waals surface area contributed by atoms with Crippen molar-refractivity contribution in [3.63, 3.8) is 0 Å². The van der Waals surface area contributed by atoms with Gasteiger partial charge in [0.25, 0.3) is 0 Å². The van der Waals surface area contributed by atoms with Crippen molar-refractivity contribution in [3.8, 4) is 17.0 Å². The molecule has 0 N–H and O–H groups in total. The molecule has 3 nitrogen and oxygen atoms in total. The molecule has 4 heteroatoms. The van der Waals surface area contributed by atoms with Crippen LogP contribution in [0.2, 0.25) is 0 Å². The number of nitrogens with zero attached hydrogens (tertiary/aromatic N) is 2. The third-order valence-electron chi connectivity index (χ3n) is 8.90. The van der Waals surface area contributed by atoms with Crippen LogP contribution in [-0.4, -0.2) is 11.9 Å². The highest BCUT2D eigenvalue weighted by Gasteiger charge is 2.39. The molecule has 4 aromatic carbocycles. The monoisotopic (exact) mass is 592 g/mol. The van der Waals surface area contributed by atoms with Crippen molar-refractivity contribution in [1.82, 2.24) is 4.98 Å². The van der Waals surface area contributed by atoms with E-state index in [2.05, 4.69) is 151 Å². The van der Waals surface area contributed by atoms with E-state index >= 15 is 0 Å². The summed E-state index contributed by atoms with van der Waals surface area (Å²) in [6, 6.07) is 37.2. The molecule has 5 aromatic rings. The lowest BCUT2D eigenvalue weighted by Crippen LogP contribution is -2.54. The molecule has 1 aromatic heterocycles. The summed E-state index contributed by atoms with van der Waals surface area (Å²) in [6.45, 7) is 20.1. The van der Waals surface area contributed by atoms with E-state index in [1.165, 1.54) is 16.7 Å². The zero-order valence-electron chi connectivity index (χ0n) is 28.3. The maximum Gasteiger partial charge on any atom is 0.430 e. The van der Waals surface area contributed by atoms with Gasteiger partial charge in [0.05, 0.1) is 5.69 Å². The van der Waals surface area contributed by atoms with E-state index in [9.17, 15) is 0 Å². The smallest absolute Gasteiger partial charge is 0.430 e. The number of benzene rings is 4. The van der Waals surface area contributed by atoms with E-state index in [1.807, 2.05) is 30.5 Å². The number of hydrogen-bond acceptors (Lipinski definition) is 3. The first-order chi connectivity index (χ1) is 21.2. The van der Waals surface area contributed by atoms with Crippen LogP contribution >= 0.6 is 0 Å². The fourth-order valence-corrected chi connectivity index (χ4v) is 6.11. The van der Waals surface area contributed by atoms with Gasteiger partial charge >= 0.3 is 6.92 Å². The van der Waals surface area contributed by atoms with Gasteiger partial charge in [-0.1, -0.05) is 117 Å². The van der Waals surface area contributed by atoms with Crippen LogP contribution in [-0.2, 0) is 16.2 Å². The molecule has 2 heterocycles. The van der Waals surface area contributed by atoms with Crippen molar-refractivity contribution in [2.45, 2.75) is 78.6 Å². The van der Waals surface area contributed by atoms with Gasteiger partial charge < -0.3 is 9.55 Å². The van der Waals surface area contributed by atoms with Crippen LogP contribution in [0.15, 0.2) is 109 Å². The van der Waals surface area contributed by atoms with E-state index in [1.54, 1.807) is 0 Å². The minimum atomic E-state index is -0.311. The van der Waals surface area contributed by atoms with Gasteiger partial charge in [0.1, 0.15) is 5.75 Å². The molecule has 0 saturated carbocycles. The first-order valence-electron chi connectivity index (χ1n) is 16.1. The van der Waals surface area contributed by atoms with Crippen molar-refractivity contribution in [2.24, 2.45) is 0 Å². The van der Waals surface area contributed by atoms with Gasteiger partial charge in [-0.2, -0.15) is 0 Å². The van der Waals surface area contributed by atoms with Gasteiger partial charge in [0.2, 0.25) is 0 Å². The maximum atomic E-state index is 7.21. The number of fused-ring (bicyclic) bond motifs is 2. The summed E-state index contributed by atoms with van der Waals surface area (Å²) in [5.41, 5.74) is 11.6. The molecule has 0 spiro atoms. The normalized spacial score (nSPS) is 13.4. The molecular weight excluding hydrogens is 547 g/mol. The Morgan fingerprint density at radius 1 is 0.556 bits per heavy atom. The van der Waals surface area contributed by atoms with Crippen molar-refractivity contribution >= 4 is 34.9 Å². The van der Waals surface area contributed by atoms with Crippen LogP contribution in [0, 0.1) is 0 Å². The highest BCUT2D eigenvalue weighted by molar-refractivity contribution is 6.84. The summed E-state index contributed by atoms with van der Waals surface area (Å²) in [5, 5.41) is 0. The zero-order valence-corrected chi connectivity index (χ0v) is 28.3. The fraction of sp³-hybridized carbons (Fsp3) is 0.293. The Morgan fingerprint density at radius 3 is 1.58 bits per heavy atom. The molecule has 0 bridgehead atoms. The lowest BCUT2D eigenvalue weighted by atomic mass is 9.51. The van der Waals surface area contributed by atoms with Crippen molar-refractivity contribution in [1.29, 1.82) is 0 Å². The van der Waals surface area contributed by atoms with E-state index in [0.29, 0.717) is 0 Å². The Hall–Kier alpha value is -4.31. The minimum absolute atomic E-state index is 0.0157. The number of hydrogen-bond donors (Lipinski definition) is 0. The van der Waals surface area contributed by atoms with Gasteiger partial charge in [-0.05, 0) is 92.4 Å². The molecule has 1 aliphatic rings. The summed E-state index contributed by atoms with van der Waals surface area (Å²) < 4.78 is 7.21. The van der Waals surface area contributed by atoms with Gasteiger partial charge in [-0.3, -0.25) is 4.98 Å². The Balaban J connectivity index is 1.59. The highest BCUT2D eigenvalue weighted by Crippen LogP contribution is 2.40. The largest absolute Gasteiger partial charge is 0.551 e. The number of aromatic nitrogens is 1. The molecule has 0 amide bonds. The van der Waals surface area contributed by atoms with Gasteiger partial charge in [-0.15, -0.1) is 0 Å². The molecule has 45 heavy (non-hydrogen) atoms. The van der Waals surface area contributed by atoms with Crippen LogP contribution in [0.5, 0.6) is 5.75 Å². The van der Waals surface area contributed by atoms with Crippen LogP contribution < -0.4 is 20.5 Å². The molecule has 6 rings (SSSR count). The van der Waals surface area contributed by atoms with E-state index in [4.69, 9.17) is 4.65 Å². The molecule has 1 aliphatic heterocycles. The maximum absolute atomic E-state index is 7.21. The number of pyridine rings is 1. The lowest BCUT2D eigenvalue weighted by Gasteiger charge is -2.38. The van der Waals surface area contributed by atoms with Crippen molar-refractivity contribution < 1.29 is 4.65 Å². The summed E-state index contributed by atoms with van der Waals surface area (Å²) >= 11 is 0. The molecule has 0 radical (unpaired) electrons. The predicted octanol–water partition coefficient (Wildman–Crippen LogP) is 9.61. The molecule has 0 fully saturated rings. The quantitative estimate of drug-likeness (QED) is 0.194. The Bertz CT molecular complexity index is 1760. The molecule has 228 valence electrons. The molecule has 0 saturated heterocycles. The Labute approximate surface area is 270 Å². The second-order valence-corrected chi connectivity index (χ2v) is 15.4. The van der Waals surface area contributed by atoms with Gasteiger partial charge in [0, 0.05) is 28.8 Å². The number of rotatable bonds is 4. The number of para-hydroxylation sites is 1. The van der Waals surface area contributed by atoms with Crippen molar-refractivity contribution in [3.05, 3.63) is 126 Å². The first-order valence-corrected chi connectivity index (χ1v) is 16.1. The SMILES string of the molecule is CC(C)(C)c1ccc(N2c3ccc(C(C)(C)C)cc3B(Oc3ccccc3-c3ccccn3)c3cc(C(C)(C)C)ccc32)cc1. The summed E-state index contributed by atoms with van der Waals surface area (Å²) in [6.07, 6.45) is 1.84. The summed E-state index contributed by atoms with van der Waals surface area (Å²) in [7, 11) is 0. The predicted molar refractivity (Wildman–Crippen MR) is 193 cm³/mol. The van der Waals surface area contributed by atoms with E-state index in [0.717, 1.165) is 45.0 Å². The van der Waals surface area contributed by atoms with E-state index in [-0.39, 0.29) is 23.2 Å². The average Bonchev–Trinajstić information content (AvgIpc) is 3.00. The van der Waals surface area contributed by atoms with Crippen molar-refractivity contribution in [2.75, 3.05) is 4.90 Å². The third kappa shape index (κ3) is 6.03. The molecular formula is C41H45BN2O. The van der Waals surface area contributed by atoms with Crippen LogP contribution in [0.1, 0.15) is 79.0 Å². The minimum Gasteiger partial charge on any atom is -0.551 e. The second kappa shape index (κ2) is 11.2. The molecule has 0 atom stereocenters. The van der Waals surface area contributed by atoms with Gasteiger partial charge in [-0.25, -0.2) is 0 Å².